The van der Waals surface area contributed by atoms with Crippen LogP contribution in [0.25, 0.3) is 0 Å². The van der Waals surface area contributed by atoms with Crippen LogP contribution in [0.1, 0.15) is 44.6 Å². The Morgan fingerprint density at radius 1 is 1.38 bits per heavy atom. The van der Waals surface area contributed by atoms with E-state index in [0.29, 0.717) is 19.0 Å². The molecule has 0 aliphatic carbocycles. The lowest BCUT2D eigenvalue weighted by Crippen LogP contribution is -2.35. The van der Waals surface area contributed by atoms with Crippen molar-refractivity contribution >= 4 is 11.6 Å². The number of rotatable bonds is 5. The van der Waals surface area contributed by atoms with Crippen LogP contribution in [0.15, 0.2) is 24.3 Å². The second-order valence-corrected chi connectivity index (χ2v) is 5.94. The average Bonchev–Trinajstić information content (AvgIpc) is 2.70. The third kappa shape index (κ3) is 5.14. The molecule has 21 heavy (non-hydrogen) atoms. The Morgan fingerprint density at radius 3 is 3.05 bits per heavy atom. The number of nitrogens with one attached hydrogen (secondary N) is 1. The van der Waals surface area contributed by atoms with Gasteiger partial charge in [0.15, 0.2) is 0 Å². The van der Waals surface area contributed by atoms with Crippen LogP contribution < -0.4 is 11.1 Å². The molecule has 1 aromatic rings. The summed E-state index contributed by atoms with van der Waals surface area (Å²) in [5.41, 5.74) is 7.49. The van der Waals surface area contributed by atoms with Gasteiger partial charge in [-0.15, -0.1) is 0 Å². The molecule has 0 spiro atoms. The topological polar surface area (TPSA) is 58.4 Å². The van der Waals surface area contributed by atoms with Gasteiger partial charge in [-0.25, -0.2) is 0 Å². The fourth-order valence-corrected chi connectivity index (χ4v) is 2.91. The Kier molecular flexibility index (Phi) is 6.21. The highest BCUT2D eigenvalue weighted by molar-refractivity contribution is 5.90. The van der Waals surface area contributed by atoms with Gasteiger partial charge in [-0.05, 0) is 44.0 Å². The Morgan fingerprint density at radius 2 is 2.24 bits per heavy atom. The number of anilines is 1. The minimum atomic E-state index is 0.0839. The van der Waals surface area contributed by atoms with Gasteiger partial charge >= 0.3 is 0 Å². The SMILES string of the molecule is CC1CCCCCN1CCC(=O)Nc1cccc(CN)c1. The zero-order chi connectivity index (χ0) is 15.1. The van der Waals surface area contributed by atoms with Crippen molar-refractivity contribution in [2.75, 3.05) is 18.4 Å². The highest BCUT2D eigenvalue weighted by Gasteiger charge is 2.17. The van der Waals surface area contributed by atoms with E-state index in [0.717, 1.165) is 24.3 Å². The quantitative estimate of drug-likeness (QED) is 0.876. The monoisotopic (exact) mass is 289 g/mol. The summed E-state index contributed by atoms with van der Waals surface area (Å²) < 4.78 is 0. The van der Waals surface area contributed by atoms with E-state index in [-0.39, 0.29) is 5.91 Å². The maximum absolute atomic E-state index is 12.1. The third-order valence-electron chi connectivity index (χ3n) is 4.26. The molecule has 4 heteroatoms. The van der Waals surface area contributed by atoms with Gasteiger partial charge in [-0.2, -0.15) is 0 Å². The number of carbonyl (C=O) groups is 1. The molecule has 1 aliphatic rings. The van der Waals surface area contributed by atoms with Crippen LogP contribution in [-0.2, 0) is 11.3 Å². The second kappa shape index (κ2) is 8.15. The van der Waals surface area contributed by atoms with Crippen LogP contribution in [0.2, 0.25) is 0 Å². The first-order valence-electron chi connectivity index (χ1n) is 8.02. The molecule has 3 N–H and O–H groups in total. The average molecular weight is 289 g/mol. The van der Waals surface area contributed by atoms with Crippen molar-refractivity contribution in [3.05, 3.63) is 29.8 Å². The number of carbonyl (C=O) groups excluding carboxylic acids is 1. The molecule has 0 radical (unpaired) electrons. The molecule has 1 aliphatic heterocycles. The third-order valence-corrected chi connectivity index (χ3v) is 4.26. The molecule has 1 heterocycles. The molecule has 4 nitrogen and oxygen atoms in total. The number of nitrogens with zero attached hydrogens (tertiary/aromatic N) is 1. The van der Waals surface area contributed by atoms with Crippen molar-refractivity contribution in [2.24, 2.45) is 5.73 Å². The van der Waals surface area contributed by atoms with Crippen molar-refractivity contribution in [1.29, 1.82) is 0 Å². The lowest BCUT2D eigenvalue weighted by Gasteiger charge is -2.26. The number of likely N-dealkylation sites (tertiary alicyclic amines) is 1. The summed E-state index contributed by atoms with van der Waals surface area (Å²) in [6.45, 7) is 4.74. The predicted molar refractivity (Wildman–Crippen MR) is 87.1 cm³/mol. The normalized spacial score (nSPS) is 20.0. The molecule has 0 bridgehead atoms. The number of benzene rings is 1. The summed E-state index contributed by atoms with van der Waals surface area (Å²) in [5, 5.41) is 2.97. The van der Waals surface area contributed by atoms with Gasteiger partial charge in [0, 0.05) is 31.2 Å². The Bertz CT molecular complexity index is 461. The van der Waals surface area contributed by atoms with Crippen molar-refractivity contribution in [3.63, 3.8) is 0 Å². The van der Waals surface area contributed by atoms with Crippen LogP contribution in [0.3, 0.4) is 0 Å². The number of amides is 1. The Balaban J connectivity index is 1.81. The summed E-state index contributed by atoms with van der Waals surface area (Å²) >= 11 is 0. The minimum absolute atomic E-state index is 0.0839. The van der Waals surface area contributed by atoms with E-state index in [1.54, 1.807) is 0 Å². The molecule has 1 amide bonds. The summed E-state index contributed by atoms with van der Waals surface area (Å²) in [6.07, 6.45) is 5.69. The van der Waals surface area contributed by atoms with Gasteiger partial charge in [0.2, 0.25) is 5.91 Å². The van der Waals surface area contributed by atoms with E-state index in [2.05, 4.69) is 17.1 Å². The molecule has 1 unspecified atom stereocenters. The molecule has 1 saturated heterocycles. The fraction of sp³-hybridized carbons (Fsp3) is 0.588. The summed E-state index contributed by atoms with van der Waals surface area (Å²) in [7, 11) is 0. The zero-order valence-corrected chi connectivity index (χ0v) is 13.0. The van der Waals surface area contributed by atoms with Crippen LogP contribution >= 0.6 is 0 Å². The van der Waals surface area contributed by atoms with Crippen LogP contribution in [0.4, 0.5) is 5.69 Å². The summed E-state index contributed by atoms with van der Waals surface area (Å²) in [5.74, 6) is 0.0839. The van der Waals surface area contributed by atoms with Gasteiger partial charge in [-0.1, -0.05) is 25.0 Å². The number of hydrogen-bond donors (Lipinski definition) is 2. The fourth-order valence-electron chi connectivity index (χ4n) is 2.91. The Hall–Kier alpha value is -1.39. The maximum Gasteiger partial charge on any atom is 0.225 e. The van der Waals surface area contributed by atoms with E-state index in [1.807, 2.05) is 24.3 Å². The van der Waals surface area contributed by atoms with Gasteiger partial charge in [-0.3, -0.25) is 4.79 Å². The molecular weight excluding hydrogens is 262 g/mol. The van der Waals surface area contributed by atoms with Gasteiger partial charge in [0.25, 0.3) is 0 Å². The molecule has 1 atom stereocenters. The van der Waals surface area contributed by atoms with E-state index < -0.39 is 0 Å². The first-order valence-corrected chi connectivity index (χ1v) is 8.02. The summed E-state index contributed by atoms with van der Waals surface area (Å²) in [4.78, 5) is 14.5. The summed E-state index contributed by atoms with van der Waals surface area (Å²) in [6, 6.07) is 8.34. The van der Waals surface area contributed by atoms with Crippen LogP contribution in [0, 0.1) is 0 Å². The standard InChI is InChI=1S/C17H27N3O/c1-14-6-3-2-4-10-20(14)11-9-17(21)19-16-8-5-7-15(12-16)13-18/h5,7-8,12,14H,2-4,6,9-11,13,18H2,1H3,(H,19,21). The minimum Gasteiger partial charge on any atom is -0.326 e. The lowest BCUT2D eigenvalue weighted by molar-refractivity contribution is -0.116. The van der Waals surface area contributed by atoms with Crippen molar-refractivity contribution in [3.8, 4) is 0 Å². The molecule has 0 aromatic heterocycles. The highest BCUT2D eigenvalue weighted by atomic mass is 16.1. The number of nitrogens with two attached hydrogens (primary N) is 1. The molecule has 116 valence electrons. The van der Waals surface area contributed by atoms with Crippen molar-refractivity contribution in [1.82, 2.24) is 4.90 Å². The Labute approximate surface area is 127 Å². The van der Waals surface area contributed by atoms with E-state index in [1.165, 1.54) is 25.7 Å². The molecular formula is C17H27N3O. The zero-order valence-electron chi connectivity index (χ0n) is 13.0. The van der Waals surface area contributed by atoms with Gasteiger partial charge in [0.05, 0.1) is 0 Å². The van der Waals surface area contributed by atoms with Gasteiger partial charge < -0.3 is 16.0 Å². The van der Waals surface area contributed by atoms with Crippen LogP contribution in [0.5, 0.6) is 0 Å². The van der Waals surface area contributed by atoms with Crippen molar-refractivity contribution in [2.45, 2.75) is 51.6 Å². The smallest absolute Gasteiger partial charge is 0.225 e. The first kappa shape index (κ1) is 16.0. The van der Waals surface area contributed by atoms with E-state index >= 15 is 0 Å². The van der Waals surface area contributed by atoms with Crippen LogP contribution in [-0.4, -0.2) is 29.9 Å². The predicted octanol–water partition coefficient (Wildman–Crippen LogP) is 2.74. The molecule has 2 rings (SSSR count). The van der Waals surface area contributed by atoms with E-state index in [9.17, 15) is 4.79 Å². The maximum atomic E-state index is 12.1. The molecule has 1 aromatic carbocycles. The first-order chi connectivity index (χ1) is 10.2. The highest BCUT2D eigenvalue weighted by Crippen LogP contribution is 2.17. The van der Waals surface area contributed by atoms with E-state index in [4.69, 9.17) is 5.73 Å². The number of hydrogen-bond acceptors (Lipinski definition) is 3. The lowest BCUT2D eigenvalue weighted by atomic mass is 10.1. The second-order valence-electron chi connectivity index (χ2n) is 5.94. The van der Waals surface area contributed by atoms with Crippen molar-refractivity contribution < 1.29 is 4.79 Å². The molecule has 0 saturated carbocycles. The largest absolute Gasteiger partial charge is 0.326 e. The van der Waals surface area contributed by atoms with Gasteiger partial charge in [0.1, 0.15) is 0 Å². The molecule has 1 fully saturated rings.